The monoisotopic (exact) mass is 483 g/mol. The summed E-state index contributed by atoms with van der Waals surface area (Å²) in [6.45, 7) is 0.956. The smallest absolute Gasteiger partial charge is 0.267 e. The number of nitrogens with one attached hydrogen (secondary N) is 2. The first-order chi connectivity index (χ1) is 15.0. The van der Waals surface area contributed by atoms with Crippen molar-refractivity contribution in [2.24, 2.45) is 0 Å². The number of methoxy groups -OCH3 is 1. The van der Waals surface area contributed by atoms with Crippen molar-refractivity contribution in [3.63, 3.8) is 0 Å². The van der Waals surface area contributed by atoms with Crippen molar-refractivity contribution < 1.29 is 14.3 Å². The molecule has 31 heavy (non-hydrogen) atoms. The maximum Gasteiger partial charge on any atom is 0.267 e. The molecule has 2 amide bonds. The Morgan fingerprint density at radius 2 is 1.71 bits per heavy atom. The average Bonchev–Trinajstić information content (AvgIpc) is 2.78. The third-order valence-electron chi connectivity index (χ3n) is 4.51. The van der Waals surface area contributed by atoms with Crippen molar-refractivity contribution in [2.45, 2.75) is 6.42 Å². The third-order valence-corrected chi connectivity index (χ3v) is 5.04. The molecule has 0 aliphatic carbocycles. The largest absolute Gasteiger partial charge is 0.385 e. The minimum absolute atomic E-state index is 0.0625. The fourth-order valence-corrected chi connectivity index (χ4v) is 3.16. The molecular weight excluding hydrogens is 462 g/mol. The molecule has 0 aliphatic heterocycles. The van der Waals surface area contributed by atoms with E-state index in [2.05, 4.69) is 26.6 Å². The number of carbonyl (C=O) groups excluding carboxylic acids is 2. The van der Waals surface area contributed by atoms with Crippen LogP contribution in [-0.4, -0.2) is 36.6 Å². The number of anilines is 1. The molecule has 0 bridgehead atoms. The summed E-state index contributed by atoms with van der Waals surface area (Å²) in [6.07, 6.45) is 2.26. The molecule has 0 spiro atoms. The molecule has 3 aromatic rings. The molecular formula is C23H22BrN3O4. The maximum absolute atomic E-state index is 12.8. The van der Waals surface area contributed by atoms with E-state index in [4.69, 9.17) is 4.74 Å². The molecule has 0 unspecified atom stereocenters. The van der Waals surface area contributed by atoms with Gasteiger partial charge in [0.15, 0.2) is 0 Å². The van der Waals surface area contributed by atoms with Crippen LogP contribution in [0.15, 0.2) is 76.1 Å². The highest BCUT2D eigenvalue weighted by molar-refractivity contribution is 9.10. The number of carbonyl (C=O) groups is 2. The van der Waals surface area contributed by atoms with E-state index < -0.39 is 11.5 Å². The van der Waals surface area contributed by atoms with Gasteiger partial charge in [-0.25, -0.2) is 0 Å². The lowest BCUT2D eigenvalue weighted by atomic mass is 10.2. The third kappa shape index (κ3) is 5.90. The zero-order chi connectivity index (χ0) is 22.2. The molecule has 7 nitrogen and oxygen atoms in total. The normalized spacial score (nSPS) is 10.5. The Balaban J connectivity index is 1.72. The summed E-state index contributed by atoms with van der Waals surface area (Å²) in [5.41, 5.74) is 1.36. The first kappa shape index (κ1) is 22.5. The van der Waals surface area contributed by atoms with Gasteiger partial charge in [0, 0.05) is 47.9 Å². The molecule has 0 radical (unpaired) electrons. The Labute approximate surface area is 188 Å². The molecule has 160 valence electrons. The van der Waals surface area contributed by atoms with Gasteiger partial charge in [-0.1, -0.05) is 15.9 Å². The van der Waals surface area contributed by atoms with Gasteiger partial charge in [-0.05, 0) is 67.1 Å². The van der Waals surface area contributed by atoms with E-state index in [-0.39, 0.29) is 11.5 Å². The second kappa shape index (κ2) is 10.7. The van der Waals surface area contributed by atoms with E-state index in [1.165, 1.54) is 10.6 Å². The molecule has 8 heteroatoms. The van der Waals surface area contributed by atoms with E-state index in [0.29, 0.717) is 36.5 Å². The van der Waals surface area contributed by atoms with Crippen LogP contribution in [0, 0.1) is 0 Å². The summed E-state index contributed by atoms with van der Waals surface area (Å²) >= 11 is 3.34. The number of hydrogen-bond acceptors (Lipinski definition) is 4. The lowest BCUT2D eigenvalue weighted by Crippen LogP contribution is -2.33. The van der Waals surface area contributed by atoms with Crippen LogP contribution in [0.4, 0.5) is 5.69 Å². The van der Waals surface area contributed by atoms with Crippen molar-refractivity contribution in [3.8, 4) is 5.69 Å². The molecule has 0 atom stereocenters. The lowest BCUT2D eigenvalue weighted by molar-refractivity contribution is 0.0946. The van der Waals surface area contributed by atoms with Gasteiger partial charge in [-0.3, -0.25) is 19.0 Å². The minimum Gasteiger partial charge on any atom is -0.385 e. The molecule has 1 aromatic heterocycles. The summed E-state index contributed by atoms with van der Waals surface area (Å²) in [5.74, 6) is -0.654. The Hall–Kier alpha value is -3.23. The molecule has 0 saturated heterocycles. The van der Waals surface area contributed by atoms with Crippen molar-refractivity contribution >= 4 is 33.4 Å². The molecule has 2 aromatic carbocycles. The number of halogens is 1. The van der Waals surface area contributed by atoms with Crippen LogP contribution >= 0.6 is 15.9 Å². The number of pyridine rings is 1. The zero-order valence-electron chi connectivity index (χ0n) is 16.9. The Morgan fingerprint density at radius 1 is 1.00 bits per heavy atom. The van der Waals surface area contributed by atoms with Crippen LogP contribution in [0.2, 0.25) is 0 Å². The van der Waals surface area contributed by atoms with Gasteiger partial charge in [0.2, 0.25) is 0 Å². The number of ether oxygens (including phenoxy) is 1. The molecule has 3 rings (SSSR count). The fourth-order valence-electron chi connectivity index (χ4n) is 2.89. The second-order valence-electron chi connectivity index (χ2n) is 6.71. The first-order valence-corrected chi connectivity index (χ1v) is 10.4. The van der Waals surface area contributed by atoms with Crippen molar-refractivity contribution in [1.82, 2.24) is 9.88 Å². The van der Waals surface area contributed by atoms with Crippen LogP contribution in [0.25, 0.3) is 5.69 Å². The quantitative estimate of drug-likeness (QED) is 0.478. The Morgan fingerprint density at radius 3 is 2.39 bits per heavy atom. The van der Waals surface area contributed by atoms with Gasteiger partial charge in [0.1, 0.15) is 5.56 Å². The SMILES string of the molecule is COCCCNC(=O)c1cccn(-c2ccc(NC(=O)c3ccc(Br)cc3)cc2)c1=O. The van der Waals surface area contributed by atoms with E-state index in [9.17, 15) is 14.4 Å². The van der Waals surface area contributed by atoms with Crippen molar-refractivity contribution in [2.75, 3.05) is 25.6 Å². The van der Waals surface area contributed by atoms with E-state index in [1.807, 2.05) is 0 Å². The first-order valence-electron chi connectivity index (χ1n) is 9.66. The lowest BCUT2D eigenvalue weighted by Gasteiger charge is -2.10. The van der Waals surface area contributed by atoms with Gasteiger partial charge in [0.25, 0.3) is 17.4 Å². The Bertz CT molecular complexity index is 1110. The van der Waals surface area contributed by atoms with Crippen LogP contribution in [0.5, 0.6) is 0 Å². The van der Waals surface area contributed by atoms with Gasteiger partial charge < -0.3 is 15.4 Å². The molecule has 2 N–H and O–H groups in total. The van der Waals surface area contributed by atoms with Gasteiger partial charge in [-0.2, -0.15) is 0 Å². The van der Waals surface area contributed by atoms with Gasteiger partial charge in [-0.15, -0.1) is 0 Å². The van der Waals surface area contributed by atoms with Crippen LogP contribution in [-0.2, 0) is 4.74 Å². The second-order valence-corrected chi connectivity index (χ2v) is 7.62. The molecule has 0 saturated carbocycles. The minimum atomic E-state index is -0.422. The van der Waals surface area contributed by atoms with E-state index >= 15 is 0 Å². The van der Waals surface area contributed by atoms with Crippen molar-refractivity contribution in [3.05, 3.63) is 92.8 Å². The van der Waals surface area contributed by atoms with Crippen molar-refractivity contribution in [1.29, 1.82) is 0 Å². The maximum atomic E-state index is 12.8. The number of rotatable bonds is 8. The highest BCUT2D eigenvalue weighted by Gasteiger charge is 2.13. The summed E-state index contributed by atoms with van der Waals surface area (Å²) in [4.78, 5) is 37.5. The summed E-state index contributed by atoms with van der Waals surface area (Å²) in [5, 5.41) is 5.54. The summed E-state index contributed by atoms with van der Waals surface area (Å²) in [7, 11) is 1.59. The molecule has 0 aliphatic rings. The number of benzene rings is 2. The summed E-state index contributed by atoms with van der Waals surface area (Å²) in [6, 6.07) is 17.0. The van der Waals surface area contributed by atoms with E-state index in [1.54, 1.807) is 67.9 Å². The van der Waals surface area contributed by atoms with Crippen LogP contribution in [0.3, 0.4) is 0 Å². The fraction of sp³-hybridized carbons (Fsp3) is 0.174. The van der Waals surface area contributed by atoms with Gasteiger partial charge >= 0.3 is 0 Å². The average molecular weight is 484 g/mol. The van der Waals surface area contributed by atoms with Crippen LogP contribution < -0.4 is 16.2 Å². The predicted octanol–water partition coefficient (Wildman–Crippen LogP) is 3.62. The topological polar surface area (TPSA) is 89.4 Å². The van der Waals surface area contributed by atoms with Crippen LogP contribution in [0.1, 0.15) is 27.1 Å². The number of aromatic nitrogens is 1. The summed E-state index contributed by atoms with van der Waals surface area (Å²) < 4.78 is 7.23. The van der Waals surface area contributed by atoms with E-state index in [0.717, 1.165) is 4.47 Å². The standard InChI is InChI=1S/C23H22BrN3O4/c1-31-15-3-13-25-22(29)20-4-2-14-27(23(20)30)19-11-9-18(10-12-19)26-21(28)16-5-7-17(24)8-6-16/h2,4-12,14H,3,13,15H2,1H3,(H,25,29)(H,26,28). The zero-order valence-corrected chi connectivity index (χ0v) is 18.5. The highest BCUT2D eigenvalue weighted by Crippen LogP contribution is 2.15. The Kier molecular flexibility index (Phi) is 7.75. The van der Waals surface area contributed by atoms with Gasteiger partial charge in [0.05, 0.1) is 0 Å². The predicted molar refractivity (Wildman–Crippen MR) is 123 cm³/mol. The highest BCUT2D eigenvalue weighted by atomic mass is 79.9. The number of nitrogens with zero attached hydrogens (tertiary/aromatic N) is 1. The number of hydrogen-bond donors (Lipinski definition) is 2. The molecule has 1 heterocycles. The molecule has 0 fully saturated rings. The number of amides is 2.